The molecular formula is C16H25ClN2. The van der Waals surface area contributed by atoms with E-state index in [1.807, 2.05) is 13.0 Å². The molecule has 1 aliphatic heterocycles. The Hall–Kier alpha value is -0.730. The number of hydrogen-bond acceptors (Lipinski definition) is 2. The number of hydrogen-bond donors (Lipinski definition) is 1. The van der Waals surface area contributed by atoms with Crippen molar-refractivity contribution in [2.24, 2.45) is 5.73 Å². The molecule has 2 N–H and O–H groups in total. The lowest BCUT2D eigenvalue weighted by Gasteiger charge is -2.38. The van der Waals surface area contributed by atoms with E-state index in [0.717, 1.165) is 17.1 Å². The zero-order valence-corrected chi connectivity index (χ0v) is 12.8. The van der Waals surface area contributed by atoms with Gasteiger partial charge in [-0.25, -0.2) is 0 Å². The van der Waals surface area contributed by atoms with Gasteiger partial charge in [0.15, 0.2) is 0 Å². The predicted molar refractivity (Wildman–Crippen MR) is 83.9 cm³/mol. The second-order valence-electron chi connectivity index (χ2n) is 5.63. The first-order valence-corrected chi connectivity index (χ1v) is 7.83. The monoisotopic (exact) mass is 280 g/mol. The van der Waals surface area contributed by atoms with Gasteiger partial charge in [0.05, 0.1) is 10.7 Å². The zero-order valence-electron chi connectivity index (χ0n) is 12.0. The minimum absolute atomic E-state index is 0.0411. The van der Waals surface area contributed by atoms with Gasteiger partial charge in [-0.15, -0.1) is 0 Å². The maximum atomic E-state index is 6.48. The predicted octanol–water partition coefficient (Wildman–Crippen LogP) is 4.52. The number of nitrogens with two attached hydrogens (primary N) is 1. The fourth-order valence-corrected chi connectivity index (χ4v) is 3.29. The van der Waals surface area contributed by atoms with Gasteiger partial charge in [-0.1, -0.05) is 31.0 Å². The highest BCUT2D eigenvalue weighted by molar-refractivity contribution is 6.33. The molecule has 1 aromatic carbocycles. The number of rotatable bonds is 4. The summed E-state index contributed by atoms with van der Waals surface area (Å²) < 4.78 is 0. The van der Waals surface area contributed by atoms with E-state index in [4.69, 9.17) is 17.3 Å². The number of halogens is 1. The summed E-state index contributed by atoms with van der Waals surface area (Å²) in [6.07, 6.45) is 6.39. The summed E-state index contributed by atoms with van der Waals surface area (Å²) in [5.74, 6) is 0. The lowest BCUT2D eigenvalue weighted by Crippen LogP contribution is -2.39. The standard InChI is InChI=1S/C16H25ClN2/c1-3-6-14-7-4-5-10-19(14)16-9-8-13(12(2)18)11-15(16)17/h8-9,11-12,14H,3-7,10,18H2,1-2H3/t12-,14?/m1/s1. The molecule has 106 valence electrons. The van der Waals surface area contributed by atoms with Gasteiger partial charge in [0, 0.05) is 18.6 Å². The Kier molecular flexibility index (Phi) is 5.12. The van der Waals surface area contributed by atoms with Crippen LogP contribution in [0.3, 0.4) is 0 Å². The molecule has 1 heterocycles. The Morgan fingerprint density at radius 3 is 2.84 bits per heavy atom. The Bertz CT molecular complexity index is 415. The van der Waals surface area contributed by atoms with Crippen LogP contribution in [0, 0.1) is 0 Å². The zero-order chi connectivity index (χ0) is 13.8. The van der Waals surface area contributed by atoms with E-state index in [1.165, 1.54) is 37.8 Å². The van der Waals surface area contributed by atoms with Crippen LogP contribution in [-0.4, -0.2) is 12.6 Å². The van der Waals surface area contributed by atoms with Crippen LogP contribution in [0.4, 0.5) is 5.69 Å². The molecule has 1 aromatic rings. The molecule has 1 saturated heterocycles. The van der Waals surface area contributed by atoms with Crippen LogP contribution >= 0.6 is 11.6 Å². The van der Waals surface area contributed by atoms with Gasteiger partial charge in [-0.2, -0.15) is 0 Å². The number of nitrogens with zero attached hydrogens (tertiary/aromatic N) is 1. The second kappa shape index (κ2) is 6.62. The smallest absolute Gasteiger partial charge is 0.0642 e. The molecule has 0 saturated carbocycles. The summed E-state index contributed by atoms with van der Waals surface area (Å²) in [6.45, 7) is 5.38. The Balaban J connectivity index is 2.23. The van der Waals surface area contributed by atoms with Gasteiger partial charge in [-0.05, 0) is 50.3 Å². The van der Waals surface area contributed by atoms with E-state index >= 15 is 0 Å². The van der Waals surface area contributed by atoms with Crippen LogP contribution in [-0.2, 0) is 0 Å². The lowest BCUT2D eigenvalue weighted by molar-refractivity contribution is 0.435. The molecule has 2 nitrogen and oxygen atoms in total. The average molecular weight is 281 g/mol. The van der Waals surface area contributed by atoms with Crippen molar-refractivity contribution in [2.75, 3.05) is 11.4 Å². The van der Waals surface area contributed by atoms with Crippen molar-refractivity contribution < 1.29 is 0 Å². The van der Waals surface area contributed by atoms with Crippen molar-refractivity contribution in [1.29, 1.82) is 0 Å². The van der Waals surface area contributed by atoms with E-state index in [1.54, 1.807) is 0 Å². The summed E-state index contributed by atoms with van der Waals surface area (Å²) in [5, 5.41) is 0.845. The van der Waals surface area contributed by atoms with Crippen LogP contribution in [0.15, 0.2) is 18.2 Å². The van der Waals surface area contributed by atoms with Crippen molar-refractivity contribution in [1.82, 2.24) is 0 Å². The van der Waals surface area contributed by atoms with Crippen molar-refractivity contribution >= 4 is 17.3 Å². The van der Waals surface area contributed by atoms with Crippen molar-refractivity contribution in [2.45, 2.75) is 58.0 Å². The maximum absolute atomic E-state index is 6.48. The van der Waals surface area contributed by atoms with E-state index in [-0.39, 0.29) is 6.04 Å². The average Bonchev–Trinajstić information content (AvgIpc) is 2.40. The van der Waals surface area contributed by atoms with Gasteiger partial charge in [0.1, 0.15) is 0 Å². The maximum Gasteiger partial charge on any atom is 0.0642 e. The summed E-state index contributed by atoms with van der Waals surface area (Å²) in [7, 11) is 0. The molecular weight excluding hydrogens is 256 g/mol. The quantitative estimate of drug-likeness (QED) is 0.879. The summed E-state index contributed by atoms with van der Waals surface area (Å²) in [6, 6.07) is 6.98. The SMILES string of the molecule is CCCC1CCCCN1c1ccc([C@@H](C)N)cc1Cl. The molecule has 0 aliphatic carbocycles. The number of piperidine rings is 1. The lowest BCUT2D eigenvalue weighted by atomic mass is 9.97. The molecule has 1 fully saturated rings. The largest absolute Gasteiger partial charge is 0.367 e. The van der Waals surface area contributed by atoms with Crippen molar-refractivity contribution in [3.8, 4) is 0 Å². The van der Waals surface area contributed by atoms with Crippen LogP contribution in [0.2, 0.25) is 5.02 Å². The first-order chi connectivity index (χ1) is 9.13. The van der Waals surface area contributed by atoms with Gasteiger partial charge in [0.25, 0.3) is 0 Å². The van der Waals surface area contributed by atoms with Gasteiger partial charge in [-0.3, -0.25) is 0 Å². The fraction of sp³-hybridized carbons (Fsp3) is 0.625. The van der Waals surface area contributed by atoms with E-state index < -0.39 is 0 Å². The highest BCUT2D eigenvalue weighted by Crippen LogP contribution is 2.34. The van der Waals surface area contributed by atoms with E-state index in [9.17, 15) is 0 Å². The fourth-order valence-electron chi connectivity index (χ4n) is 2.99. The molecule has 0 radical (unpaired) electrons. The van der Waals surface area contributed by atoms with Crippen LogP contribution in [0.25, 0.3) is 0 Å². The molecule has 2 atom stereocenters. The van der Waals surface area contributed by atoms with Crippen LogP contribution < -0.4 is 10.6 Å². The van der Waals surface area contributed by atoms with E-state index in [0.29, 0.717) is 6.04 Å². The number of anilines is 1. The first-order valence-electron chi connectivity index (χ1n) is 7.45. The van der Waals surface area contributed by atoms with E-state index in [2.05, 4.69) is 24.0 Å². The van der Waals surface area contributed by atoms with Crippen LogP contribution in [0.5, 0.6) is 0 Å². The molecule has 0 spiro atoms. The third kappa shape index (κ3) is 3.43. The Morgan fingerprint density at radius 2 is 2.21 bits per heavy atom. The molecule has 2 rings (SSSR count). The Morgan fingerprint density at radius 1 is 1.42 bits per heavy atom. The molecule has 0 bridgehead atoms. The van der Waals surface area contributed by atoms with Gasteiger partial charge in [0.2, 0.25) is 0 Å². The van der Waals surface area contributed by atoms with Crippen molar-refractivity contribution in [3.05, 3.63) is 28.8 Å². The van der Waals surface area contributed by atoms with Crippen molar-refractivity contribution in [3.63, 3.8) is 0 Å². The summed E-state index contributed by atoms with van der Waals surface area (Å²) in [5.41, 5.74) is 8.21. The van der Waals surface area contributed by atoms with Gasteiger partial charge >= 0.3 is 0 Å². The third-order valence-corrected chi connectivity index (χ3v) is 4.36. The Labute approximate surface area is 121 Å². The molecule has 19 heavy (non-hydrogen) atoms. The molecule has 1 unspecified atom stereocenters. The normalized spacial score (nSPS) is 21.5. The topological polar surface area (TPSA) is 29.3 Å². The third-order valence-electron chi connectivity index (χ3n) is 4.06. The summed E-state index contributed by atoms with van der Waals surface area (Å²) in [4.78, 5) is 2.50. The molecule has 1 aliphatic rings. The molecule has 3 heteroatoms. The minimum atomic E-state index is 0.0411. The minimum Gasteiger partial charge on any atom is -0.367 e. The second-order valence-corrected chi connectivity index (χ2v) is 6.04. The van der Waals surface area contributed by atoms with Crippen LogP contribution in [0.1, 0.15) is 57.6 Å². The first kappa shape index (κ1) is 14.7. The summed E-state index contributed by atoms with van der Waals surface area (Å²) >= 11 is 6.48. The van der Waals surface area contributed by atoms with Gasteiger partial charge < -0.3 is 10.6 Å². The molecule has 0 aromatic heterocycles. The molecule has 0 amide bonds. The number of benzene rings is 1. The highest BCUT2D eigenvalue weighted by atomic mass is 35.5. The highest BCUT2D eigenvalue weighted by Gasteiger charge is 2.23.